The number of likely N-dealkylation sites (tertiary alicyclic amines) is 1. The molecule has 2 aromatic carbocycles. The molecule has 4 heterocycles. The Kier molecular flexibility index (Phi) is 8.37. The van der Waals surface area contributed by atoms with Crippen molar-refractivity contribution in [1.82, 2.24) is 29.7 Å². The van der Waals surface area contributed by atoms with Crippen molar-refractivity contribution in [2.75, 3.05) is 13.1 Å². The summed E-state index contributed by atoms with van der Waals surface area (Å²) in [6.45, 7) is 12.6. The molecule has 10 nitrogen and oxygen atoms in total. The highest BCUT2D eigenvalue weighted by molar-refractivity contribution is 5.73. The van der Waals surface area contributed by atoms with Gasteiger partial charge in [0.1, 0.15) is 28.9 Å². The third-order valence-corrected chi connectivity index (χ3v) is 9.18. The zero-order valence-electron chi connectivity index (χ0n) is 29.2. The molecule has 2 amide bonds. The van der Waals surface area contributed by atoms with Crippen molar-refractivity contribution in [3.05, 3.63) is 84.2 Å². The number of nitrogens with one attached hydrogen (secondary N) is 2. The topological polar surface area (TPSA) is 116 Å². The monoisotopic (exact) mass is 662 g/mol. The van der Waals surface area contributed by atoms with Gasteiger partial charge < -0.3 is 19.4 Å². The number of carbonyl (C=O) groups is 2. The number of aromatic amines is 2. The van der Waals surface area contributed by atoms with E-state index in [1.165, 1.54) is 18.4 Å². The molecular weight excluding hydrogens is 616 g/mol. The lowest BCUT2D eigenvalue weighted by atomic mass is 10.0. The lowest BCUT2D eigenvalue weighted by Crippen LogP contribution is -2.37. The van der Waals surface area contributed by atoms with Gasteiger partial charge in [-0.25, -0.2) is 19.6 Å². The molecule has 256 valence electrons. The second kappa shape index (κ2) is 12.5. The fourth-order valence-corrected chi connectivity index (χ4v) is 6.65. The number of hydrogen-bond acceptors (Lipinski definition) is 6. The molecule has 7 rings (SSSR count). The lowest BCUT2D eigenvalue weighted by molar-refractivity contribution is 0.0213. The van der Waals surface area contributed by atoms with Crippen LogP contribution in [0.5, 0.6) is 0 Å². The number of rotatable bonds is 6. The zero-order chi connectivity index (χ0) is 34.5. The van der Waals surface area contributed by atoms with Crippen molar-refractivity contribution in [3.8, 4) is 33.6 Å². The van der Waals surface area contributed by atoms with Gasteiger partial charge >= 0.3 is 12.2 Å². The third-order valence-electron chi connectivity index (χ3n) is 9.18. The highest BCUT2D eigenvalue weighted by Crippen LogP contribution is 2.43. The molecule has 2 aliphatic heterocycles. The summed E-state index contributed by atoms with van der Waals surface area (Å²) in [5, 5.41) is 0. The summed E-state index contributed by atoms with van der Waals surface area (Å²) in [5.41, 5.74) is 6.25. The van der Waals surface area contributed by atoms with Crippen LogP contribution in [0.3, 0.4) is 0 Å². The van der Waals surface area contributed by atoms with Gasteiger partial charge in [0, 0.05) is 13.1 Å². The van der Waals surface area contributed by atoms with E-state index in [-0.39, 0.29) is 24.3 Å². The number of benzene rings is 2. The predicted octanol–water partition coefficient (Wildman–Crippen LogP) is 8.83. The minimum Gasteiger partial charge on any atom is -0.444 e. The van der Waals surface area contributed by atoms with Crippen LogP contribution in [0.4, 0.5) is 9.59 Å². The van der Waals surface area contributed by atoms with Crippen LogP contribution in [0, 0.1) is 5.92 Å². The van der Waals surface area contributed by atoms with Crippen LogP contribution in [0.15, 0.2) is 72.6 Å². The summed E-state index contributed by atoms with van der Waals surface area (Å²) < 4.78 is 11.4. The molecule has 1 saturated heterocycles. The maximum absolute atomic E-state index is 13.1. The SMILES string of the molecule is CC(C)(C)OC(=O)N1CC(C2CC2)=C[C@H]1c1ncc(-c2ccc(-c3ccc(-c4cnc([C@@H]5CCCN5C(=O)OC(C)(C)C)[nH]4)cc3)cc2)[nH]1. The first-order chi connectivity index (χ1) is 23.3. The molecule has 2 fully saturated rings. The first-order valence-corrected chi connectivity index (χ1v) is 17.3. The Bertz CT molecular complexity index is 1850. The van der Waals surface area contributed by atoms with Crippen LogP contribution in [0.1, 0.15) is 91.0 Å². The largest absolute Gasteiger partial charge is 0.444 e. The van der Waals surface area contributed by atoms with Gasteiger partial charge in [0.15, 0.2) is 0 Å². The average Bonchev–Trinajstić information content (AvgIpc) is 3.50. The van der Waals surface area contributed by atoms with Gasteiger partial charge in [-0.15, -0.1) is 0 Å². The van der Waals surface area contributed by atoms with Crippen LogP contribution in [-0.2, 0) is 9.47 Å². The number of imidazole rings is 2. The molecule has 4 aromatic rings. The van der Waals surface area contributed by atoms with E-state index >= 15 is 0 Å². The van der Waals surface area contributed by atoms with Gasteiger partial charge in [-0.1, -0.05) is 54.6 Å². The summed E-state index contributed by atoms with van der Waals surface area (Å²) in [7, 11) is 0. The number of amides is 2. The first kappa shape index (κ1) is 32.7. The molecule has 2 aromatic heterocycles. The number of nitrogens with zero attached hydrogens (tertiary/aromatic N) is 4. The highest BCUT2D eigenvalue weighted by atomic mass is 16.6. The maximum Gasteiger partial charge on any atom is 0.411 e. The highest BCUT2D eigenvalue weighted by Gasteiger charge is 2.40. The number of aromatic nitrogens is 4. The smallest absolute Gasteiger partial charge is 0.411 e. The van der Waals surface area contributed by atoms with Crippen molar-refractivity contribution in [3.63, 3.8) is 0 Å². The van der Waals surface area contributed by atoms with Gasteiger partial charge in [-0.05, 0) is 101 Å². The predicted molar refractivity (Wildman–Crippen MR) is 188 cm³/mol. The fraction of sp³-hybridized carbons (Fsp3) is 0.436. The van der Waals surface area contributed by atoms with Gasteiger partial charge in [-0.2, -0.15) is 0 Å². The van der Waals surface area contributed by atoms with Gasteiger partial charge in [0.05, 0.1) is 29.8 Å². The number of H-pyrrole nitrogens is 2. The Morgan fingerprint density at radius 3 is 1.71 bits per heavy atom. The second-order valence-corrected chi connectivity index (χ2v) is 15.4. The van der Waals surface area contributed by atoms with Crippen molar-refractivity contribution in [1.29, 1.82) is 0 Å². The van der Waals surface area contributed by atoms with Crippen molar-refractivity contribution < 1.29 is 19.1 Å². The van der Waals surface area contributed by atoms with Crippen LogP contribution in [0.25, 0.3) is 33.6 Å². The number of carbonyl (C=O) groups excluding carboxylic acids is 2. The van der Waals surface area contributed by atoms with E-state index < -0.39 is 11.2 Å². The summed E-state index contributed by atoms with van der Waals surface area (Å²) in [6, 6.07) is 16.4. The molecule has 0 spiro atoms. The quantitative estimate of drug-likeness (QED) is 0.199. The average molecular weight is 663 g/mol. The maximum atomic E-state index is 13.1. The van der Waals surface area contributed by atoms with Crippen LogP contribution in [0.2, 0.25) is 0 Å². The van der Waals surface area contributed by atoms with Crippen LogP contribution < -0.4 is 0 Å². The minimum absolute atomic E-state index is 0.119. The summed E-state index contributed by atoms with van der Waals surface area (Å²) in [4.78, 5) is 45.8. The Balaban J connectivity index is 1.03. The molecule has 3 aliphatic rings. The van der Waals surface area contributed by atoms with Gasteiger partial charge in [-0.3, -0.25) is 9.80 Å². The summed E-state index contributed by atoms with van der Waals surface area (Å²) >= 11 is 0. The summed E-state index contributed by atoms with van der Waals surface area (Å²) in [5.74, 6) is 2.09. The lowest BCUT2D eigenvalue weighted by Gasteiger charge is -2.28. The molecule has 1 aliphatic carbocycles. The van der Waals surface area contributed by atoms with Gasteiger partial charge in [0.2, 0.25) is 0 Å². The minimum atomic E-state index is -0.564. The fourth-order valence-electron chi connectivity index (χ4n) is 6.65. The van der Waals surface area contributed by atoms with E-state index in [2.05, 4.69) is 69.6 Å². The standard InChI is InChI=1S/C39H46N6O4/c1-38(2,3)48-36(46)44-19-7-8-32(44)34-40-21-30(42-34)27-15-11-24(12-16-27)25-13-17-28(18-14-25)31-22-41-35(43-31)33-20-29(26-9-10-26)23-45(33)37(47)49-39(4,5)6/h11-18,20-22,26,32-33H,7-10,19,23H2,1-6H3,(H,40,42)(H,41,43)/t32-,33-/m0/s1. The van der Waals surface area contributed by atoms with Crippen molar-refractivity contribution >= 4 is 12.2 Å². The Hall–Kier alpha value is -4.86. The molecule has 49 heavy (non-hydrogen) atoms. The van der Waals surface area contributed by atoms with Crippen LogP contribution in [-0.4, -0.2) is 66.2 Å². The third kappa shape index (κ3) is 7.28. The summed E-state index contributed by atoms with van der Waals surface area (Å²) in [6.07, 6.45) is 9.38. The Labute approximate surface area is 287 Å². The van der Waals surface area contributed by atoms with E-state index in [0.717, 1.165) is 58.1 Å². The van der Waals surface area contributed by atoms with Crippen molar-refractivity contribution in [2.45, 2.75) is 90.5 Å². The Morgan fingerprint density at radius 1 is 0.694 bits per heavy atom. The second-order valence-electron chi connectivity index (χ2n) is 15.4. The molecule has 2 atom stereocenters. The van der Waals surface area contributed by atoms with Gasteiger partial charge in [0.25, 0.3) is 0 Å². The molecule has 0 bridgehead atoms. The number of hydrogen-bond donors (Lipinski definition) is 2. The Morgan fingerprint density at radius 2 is 1.18 bits per heavy atom. The van der Waals surface area contributed by atoms with E-state index in [1.807, 2.05) is 53.9 Å². The molecular formula is C39H46N6O4. The van der Waals surface area contributed by atoms with Crippen LogP contribution >= 0.6 is 0 Å². The van der Waals surface area contributed by atoms with E-state index in [1.54, 1.807) is 9.80 Å². The van der Waals surface area contributed by atoms with E-state index in [9.17, 15) is 9.59 Å². The zero-order valence-corrected chi connectivity index (χ0v) is 29.2. The van der Waals surface area contributed by atoms with E-state index in [4.69, 9.17) is 14.5 Å². The first-order valence-electron chi connectivity index (χ1n) is 17.3. The molecule has 0 unspecified atom stereocenters. The van der Waals surface area contributed by atoms with Crippen molar-refractivity contribution in [2.24, 2.45) is 5.92 Å². The number of ether oxygens (including phenoxy) is 2. The van der Waals surface area contributed by atoms with E-state index in [0.29, 0.717) is 19.0 Å². The molecule has 0 radical (unpaired) electrons. The normalized spacial score (nSPS) is 19.7. The molecule has 1 saturated carbocycles. The molecule has 10 heteroatoms. The molecule has 2 N–H and O–H groups in total.